The lowest BCUT2D eigenvalue weighted by atomic mass is 10.1. The maximum atomic E-state index is 12.7. The van der Waals surface area contributed by atoms with E-state index in [0.29, 0.717) is 31.2 Å². The zero-order valence-corrected chi connectivity index (χ0v) is 16.3. The second-order valence-corrected chi connectivity index (χ2v) is 9.38. The number of piperidine rings is 1. The highest BCUT2D eigenvalue weighted by atomic mass is 32.2. The van der Waals surface area contributed by atoms with Gasteiger partial charge in [0.25, 0.3) is 0 Å². The van der Waals surface area contributed by atoms with E-state index in [-0.39, 0.29) is 0 Å². The number of thiazole rings is 1. The number of hydrogen-bond acceptors (Lipinski definition) is 6. The lowest BCUT2D eigenvalue weighted by Gasteiger charge is -2.26. The quantitative estimate of drug-likeness (QED) is 0.799. The van der Waals surface area contributed by atoms with Gasteiger partial charge in [-0.2, -0.15) is 4.31 Å². The van der Waals surface area contributed by atoms with Crippen molar-refractivity contribution < 1.29 is 13.2 Å². The molecule has 1 aromatic carbocycles. The monoisotopic (exact) mass is 393 g/mol. The topological polar surface area (TPSA) is 62.7 Å². The summed E-state index contributed by atoms with van der Waals surface area (Å²) < 4.78 is 32.1. The van der Waals surface area contributed by atoms with Crippen LogP contribution in [0.5, 0.6) is 0 Å². The fourth-order valence-electron chi connectivity index (χ4n) is 3.36. The van der Waals surface area contributed by atoms with Crippen LogP contribution in [0.1, 0.15) is 19.3 Å². The summed E-state index contributed by atoms with van der Waals surface area (Å²) in [5.41, 5.74) is 1.86. The lowest BCUT2D eigenvalue weighted by Crippen LogP contribution is -2.40. The van der Waals surface area contributed by atoms with Gasteiger partial charge in [-0.15, -0.1) is 11.3 Å². The largest absolute Gasteiger partial charge is 0.379 e. The molecule has 1 aromatic heterocycles. The lowest BCUT2D eigenvalue weighted by molar-refractivity contribution is 0.0730. The number of benzene rings is 1. The summed E-state index contributed by atoms with van der Waals surface area (Å²) in [5, 5.41) is 3.11. The molecule has 0 saturated carbocycles. The molecule has 4 rings (SSSR count). The Morgan fingerprint density at radius 1 is 0.962 bits per heavy atom. The second kappa shape index (κ2) is 7.64. The number of aromatic nitrogens is 1. The van der Waals surface area contributed by atoms with Crippen LogP contribution in [0.4, 0.5) is 5.13 Å². The van der Waals surface area contributed by atoms with E-state index in [0.717, 1.165) is 29.5 Å². The third-order valence-electron chi connectivity index (χ3n) is 4.88. The molecule has 2 fully saturated rings. The number of rotatable bonds is 4. The van der Waals surface area contributed by atoms with Crippen LogP contribution in [-0.4, -0.2) is 57.1 Å². The molecule has 140 valence electrons. The third kappa shape index (κ3) is 3.64. The molecular formula is C18H23N3O3S2. The molecule has 0 N–H and O–H groups in total. The van der Waals surface area contributed by atoms with Crippen LogP contribution in [0.3, 0.4) is 0 Å². The highest BCUT2D eigenvalue weighted by molar-refractivity contribution is 7.89. The summed E-state index contributed by atoms with van der Waals surface area (Å²) in [7, 11) is -3.45. The standard InChI is InChI=1S/C18H23N3O3S2/c22-26(23,21-10-12-24-13-11-21)16-6-4-15(5-7-16)17-14-25-18(19-17)20-8-2-1-3-9-20/h4-7,14H,1-3,8-13H2. The first kappa shape index (κ1) is 17.9. The van der Waals surface area contributed by atoms with Gasteiger partial charge in [-0.25, -0.2) is 13.4 Å². The van der Waals surface area contributed by atoms with E-state index in [2.05, 4.69) is 10.3 Å². The van der Waals surface area contributed by atoms with Gasteiger partial charge in [0, 0.05) is 37.1 Å². The van der Waals surface area contributed by atoms with Crippen molar-refractivity contribution in [3.05, 3.63) is 29.6 Å². The average molecular weight is 394 g/mol. The van der Waals surface area contributed by atoms with Crippen molar-refractivity contribution in [3.8, 4) is 11.3 Å². The van der Waals surface area contributed by atoms with Gasteiger partial charge in [0.05, 0.1) is 23.8 Å². The molecule has 26 heavy (non-hydrogen) atoms. The first-order valence-electron chi connectivity index (χ1n) is 9.03. The number of ether oxygens (including phenoxy) is 1. The summed E-state index contributed by atoms with van der Waals surface area (Å²) in [6, 6.07) is 7.06. The van der Waals surface area contributed by atoms with Crippen molar-refractivity contribution in [1.29, 1.82) is 0 Å². The minimum absolute atomic E-state index is 0.328. The fourth-order valence-corrected chi connectivity index (χ4v) is 5.66. The zero-order chi connectivity index (χ0) is 18.0. The fraction of sp³-hybridized carbons (Fsp3) is 0.500. The van der Waals surface area contributed by atoms with Crippen molar-refractivity contribution in [2.75, 3.05) is 44.3 Å². The maximum Gasteiger partial charge on any atom is 0.243 e. The van der Waals surface area contributed by atoms with Crippen LogP contribution in [0.15, 0.2) is 34.5 Å². The predicted molar refractivity (Wildman–Crippen MR) is 103 cm³/mol. The van der Waals surface area contributed by atoms with Crippen molar-refractivity contribution in [2.24, 2.45) is 0 Å². The Labute approximate surface area is 158 Å². The first-order valence-corrected chi connectivity index (χ1v) is 11.4. The second-order valence-electron chi connectivity index (χ2n) is 6.60. The van der Waals surface area contributed by atoms with Crippen LogP contribution < -0.4 is 4.90 Å². The van der Waals surface area contributed by atoms with Gasteiger partial charge in [-0.3, -0.25) is 0 Å². The van der Waals surface area contributed by atoms with E-state index in [9.17, 15) is 8.42 Å². The van der Waals surface area contributed by atoms with Crippen molar-refractivity contribution in [1.82, 2.24) is 9.29 Å². The molecule has 8 heteroatoms. The third-order valence-corrected chi connectivity index (χ3v) is 7.69. The molecule has 0 spiro atoms. The van der Waals surface area contributed by atoms with Gasteiger partial charge in [0.2, 0.25) is 10.0 Å². The molecule has 0 bridgehead atoms. The normalized spacial score (nSPS) is 19.6. The molecule has 0 aliphatic carbocycles. The van der Waals surface area contributed by atoms with Crippen molar-refractivity contribution >= 4 is 26.5 Å². The Morgan fingerprint density at radius 3 is 2.35 bits per heavy atom. The molecule has 2 aliphatic rings. The molecule has 2 aromatic rings. The molecule has 2 aliphatic heterocycles. The summed E-state index contributed by atoms with van der Waals surface area (Å²) >= 11 is 1.66. The van der Waals surface area contributed by atoms with E-state index in [1.54, 1.807) is 23.5 Å². The summed E-state index contributed by atoms with van der Waals surface area (Å²) in [4.78, 5) is 7.42. The van der Waals surface area contributed by atoms with Gasteiger partial charge in [0.1, 0.15) is 0 Å². The molecule has 0 atom stereocenters. The molecule has 3 heterocycles. The van der Waals surface area contributed by atoms with E-state index in [1.165, 1.54) is 23.6 Å². The van der Waals surface area contributed by atoms with Crippen LogP contribution in [-0.2, 0) is 14.8 Å². The Kier molecular flexibility index (Phi) is 5.26. The molecule has 6 nitrogen and oxygen atoms in total. The number of sulfonamides is 1. The maximum absolute atomic E-state index is 12.7. The molecule has 0 amide bonds. The van der Waals surface area contributed by atoms with E-state index >= 15 is 0 Å². The summed E-state index contributed by atoms with van der Waals surface area (Å²) in [5.74, 6) is 0. The molecule has 2 saturated heterocycles. The minimum atomic E-state index is -3.45. The van der Waals surface area contributed by atoms with Crippen molar-refractivity contribution in [2.45, 2.75) is 24.2 Å². The number of morpholine rings is 1. The summed E-state index contributed by atoms with van der Waals surface area (Å²) in [6.07, 6.45) is 3.75. The molecular weight excluding hydrogens is 370 g/mol. The van der Waals surface area contributed by atoms with Crippen LogP contribution in [0, 0.1) is 0 Å². The van der Waals surface area contributed by atoms with Crippen LogP contribution >= 0.6 is 11.3 Å². The smallest absolute Gasteiger partial charge is 0.243 e. The highest BCUT2D eigenvalue weighted by Crippen LogP contribution is 2.30. The minimum Gasteiger partial charge on any atom is -0.379 e. The summed E-state index contributed by atoms with van der Waals surface area (Å²) in [6.45, 7) is 3.88. The van der Waals surface area contributed by atoms with Gasteiger partial charge in [-0.05, 0) is 31.4 Å². The van der Waals surface area contributed by atoms with Crippen molar-refractivity contribution in [3.63, 3.8) is 0 Å². The van der Waals surface area contributed by atoms with Gasteiger partial charge < -0.3 is 9.64 Å². The number of anilines is 1. The Balaban J connectivity index is 1.51. The Bertz CT molecular complexity index is 837. The Morgan fingerprint density at radius 2 is 1.65 bits per heavy atom. The van der Waals surface area contributed by atoms with Crippen LogP contribution in [0.2, 0.25) is 0 Å². The van der Waals surface area contributed by atoms with Gasteiger partial charge in [-0.1, -0.05) is 12.1 Å². The highest BCUT2D eigenvalue weighted by Gasteiger charge is 2.26. The van der Waals surface area contributed by atoms with Gasteiger partial charge in [0.15, 0.2) is 5.13 Å². The first-order chi connectivity index (χ1) is 12.6. The predicted octanol–water partition coefficient (Wildman–Crippen LogP) is 2.82. The van der Waals surface area contributed by atoms with Crippen LogP contribution in [0.25, 0.3) is 11.3 Å². The Hall–Kier alpha value is -1.48. The van der Waals surface area contributed by atoms with E-state index in [4.69, 9.17) is 9.72 Å². The molecule has 0 radical (unpaired) electrons. The van der Waals surface area contributed by atoms with Gasteiger partial charge >= 0.3 is 0 Å². The SMILES string of the molecule is O=S(=O)(c1ccc(-c2csc(N3CCCCC3)n2)cc1)N1CCOCC1. The zero-order valence-electron chi connectivity index (χ0n) is 14.6. The average Bonchev–Trinajstić information content (AvgIpc) is 3.20. The van der Waals surface area contributed by atoms with E-state index < -0.39 is 10.0 Å². The van der Waals surface area contributed by atoms with E-state index in [1.807, 2.05) is 12.1 Å². The molecule has 0 unspecified atom stereocenters. The number of nitrogens with zero attached hydrogens (tertiary/aromatic N) is 3. The number of hydrogen-bond donors (Lipinski definition) is 0.